The quantitative estimate of drug-likeness (QED) is 0.857. The maximum absolute atomic E-state index is 4.33. The second-order valence-electron chi connectivity index (χ2n) is 5.11. The highest BCUT2D eigenvalue weighted by Gasteiger charge is 2.07. The van der Waals surface area contributed by atoms with Crippen molar-refractivity contribution in [2.24, 2.45) is 5.92 Å². The van der Waals surface area contributed by atoms with Crippen LogP contribution in [-0.2, 0) is 6.54 Å². The molecule has 17 heavy (non-hydrogen) atoms. The fourth-order valence-electron chi connectivity index (χ4n) is 2.20. The van der Waals surface area contributed by atoms with Crippen LogP contribution in [-0.4, -0.2) is 15.7 Å². The smallest absolute Gasteiger partial charge is 0.0706 e. The van der Waals surface area contributed by atoms with E-state index in [1.165, 1.54) is 17.5 Å². The third-order valence-electron chi connectivity index (χ3n) is 2.97. The summed E-state index contributed by atoms with van der Waals surface area (Å²) in [6, 6.07) is 6.71. The Kier molecular flexibility index (Phi) is 3.79. The van der Waals surface area contributed by atoms with Gasteiger partial charge in [0, 0.05) is 24.3 Å². The van der Waals surface area contributed by atoms with Crippen LogP contribution in [0.5, 0.6) is 0 Å². The van der Waals surface area contributed by atoms with E-state index in [0.29, 0.717) is 6.04 Å². The van der Waals surface area contributed by atoms with Gasteiger partial charge in [0.2, 0.25) is 0 Å². The second-order valence-corrected chi connectivity index (χ2v) is 5.11. The molecule has 0 amide bonds. The van der Waals surface area contributed by atoms with Crippen LogP contribution >= 0.6 is 0 Å². The zero-order valence-electron chi connectivity index (χ0n) is 10.9. The molecule has 3 heteroatoms. The molecule has 0 aliphatic heterocycles. The van der Waals surface area contributed by atoms with Crippen LogP contribution in [0.4, 0.5) is 0 Å². The van der Waals surface area contributed by atoms with Crippen molar-refractivity contribution in [1.82, 2.24) is 14.9 Å². The molecule has 2 rings (SSSR count). The van der Waals surface area contributed by atoms with Crippen LogP contribution in [0.3, 0.4) is 0 Å². The van der Waals surface area contributed by atoms with Gasteiger partial charge in [-0.2, -0.15) is 5.10 Å². The fourth-order valence-corrected chi connectivity index (χ4v) is 2.20. The third-order valence-corrected chi connectivity index (χ3v) is 2.97. The van der Waals surface area contributed by atoms with E-state index in [2.05, 4.69) is 43.3 Å². The Morgan fingerprint density at radius 1 is 1.29 bits per heavy atom. The van der Waals surface area contributed by atoms with Gasteiger partial charge in [-0.25, -0.2) is 4.52 Å². The molecule has 0 bridgehead atoms. The Balaban J connectivity index is 1.99. The number of pyridine rings is 1. The van der Waals surface area contributed by atoms with Gasteiger partial charge >= 0.3 is 0 Å². The van der Waals surface area contributed by atoms with Crippen LogP contribution in [0.25, 0.3) is 5.52 Å². The lowest BCUT2D eigenvalue weighted by atomic mass is 10.1. The lowest BCUT2D eigenvalue weighted by Crippen LogP contribution is -2.26. The molecule has 92 valence electrons. The Bertz CT molecular complexity index is 473. The Hall–Kier alpha value is -1.35. The van der Waals surface area contributed by atoms with Crippen LogP contribution < -0.4 is 5.32 Å². The highest BCUT2D eigenvalue weighted by molar-refractivity contribution is 5.53. The number of rotatable bonds is 5. The number of nitrogens with zero attached hydrogens (tertiary/aromatic N) is 2. The van der Waals surface area contributed by atoms with Crippen molar-refractivity contribution >= 4 is 5.52 Å². The molecular weight excluding hydrogens is 210 g/mol. The molecule has 1 atom stereocenters. The molecular formula is C14H21N3. The summed E-state index contributed by atoms with van der Waals surface area (Å²) < 4.78 is 1.92. The van der Waals surface area contributed by atoms with Crippen molar-refractivity contribution in [2.75, 3.05) is 0 Å². The van der Waals surface area contributed by atoms with Gasteiger partial charge in [0.15, 0.2) is 0 Å². The van der Waals surface area contributed by atoms with E-state index >= 15 is 0 Å². The predicted molar refractivity (Wildman–Crippen MR) is 70.9 cm³/mol. The van der Waals surface area contributed by atoms with Crippen molar-refractivity contribution in [1.29, 1.82) is 0 Å². The van der Waals surface area contributed by atoms with E-state index in [1.54, 1.807) is 0 Å². The van der Waals surface area contributed by atoms with E-state index in [4.69, 9.17) is 0 Å². The second kappa shape index (κ2) is 5.32. The zero-order valence-corrected chi connectivity index (χ0v) is 10.9. The van der Waals surface area contributed by atoms with Gasteiger partial charge in [0.25, 0.3) is 0 Å². The average molecular weight is 231 g/mol. The van der Waals surface area contributed by atoms with Gasteiger partial charge in [-0.05, 0) is 31.4 Å². The van der Waals surface area contributed by atoms with Crippen LogP contribution in [0.15, 0.2) is 30.6 Å². The first-order valence-electron chi connectivity index (χ1n) is 6.31. The summed E-state index contributed by atoms with van der Waals surface area (Å²) in [4.78, 5) is 0. The predicted octanol–water partition coefficient (Wildman–Crippen LogP) is 2.86. The molecule has 2 aromatic heterocycles. The standard InChI is InChI=1S/C14H21N3/c1-11(2)8-12(3)15-9-13-10-16-17-7-5-4-6-14(13)17/h4-7,10-12,15H,8-9H2,1-3H3. The van der Waals surface area contributed by atoms with Crippen LogP contribution in [0.2, 0.25) is 0 Å². The maximum Gasteiger partial charge on any atom is 0.0706 e. The highest BCUT2D eigenvalue weighted by Crippen LogP contribution is 2.11. The number of hydrogen-bond acceptors (Lipinski definition) is 2. The normalized spacial score (nSPS) is 13.4. The summed E-state index contributed by atoms with van der Waals surface area (Å²) in [6.45, 7) is 7.65. The Morgan fingerprint density at radius 2 is 2.12 bits per heavy atom. The van der Waals surface area contributed by atoms with E-state index in [0.717, 1.165) is 12.5 Å². The number of fused-ring (bicyclic) bond motifs is 1. The summed E-state index contributed by atoms with van der Waals surface area (Å²) in [7, 11) is 0. The first-order chi connectivity index (χ1) is 8.16. The van der Waals surface area contributed by atoms with Crippen molar-refractivity contribution < 1.29 is 0 Å². The zero-order chi connectivity index (χ0) is 12.3. The Labute approximate surface area is 103 Å². The molecule has 1 N–H and O–H groups in total. The average Bonchev–Trinajstić information content (AvgIpc) is 2.69. The first kappa shape index (κ1) is 12.1. The van der Waals surface area contributed by atoms with Crippen molar-refractivity contribution in [3.63, 3.8) is 0 Å². The number of nitrogens with one attached hydrogen (secondary N) is 1. The van der Waals surface area contributed by atoms with E-state index in [9.17, 15) is 0 Å². The molecule has 0 aliphatic carbocycles. The van der Waals surface area contributed by atoms with Crippen molar-refractivity contribution in [2.45, 2.75) is 39.8 Å². The van der Waals surface area contributed by atoms with Crippen molar-refractivity contribution in [3.05, 3.63) is 36.2 Å². The summed E-state index contributed by atoms with van der Waals surface area (Å²) in [5.41, 5.74) is 2.46. The van der Waals surface area contributed by atoms with Gasteiger partial charge in [0.05, 0.1) is 11.7 Å². The lowest BCUT2D eigenvalue weighted by molar-refractivity contribution is 0.442. The van der Waals surface area contributed by atoms with E-state index in [1.807, 2.05) is 23.0 Å². The molecule has 0 aliphatic rings. The maximum atomic E-state index is 4.33. The topological polar surface area (TPSA) is 29.3 Å². The lowest BCUT2D eigenvalue weighted by Gasteiger charge is -2.15. The molecule has 2 heterocycles. The minimum Gasteiger partial charge on any atom is -0.310 e. The molecule has 3 nitrogen and oxygen atoms in total. The molecule has 0 fully saturated rings. The number of aromatic nitrogens is 2. The monoisotopic (exact) mass is 231 g/mol. The van der Waals surface area contributed by atoms with Crippen LogP contribution in [0.1, 0.15) is 32.8 Å². The molecule has 0 radical (unpaired) electrons. The fraction of sp³-hybridized carbons (Fsp3) is 0.500. The molecule has 1 unspecified atom stereocenters. The molecule has 0 spiro atoms. The van der Waals surface area contributed by atoms with Gasteiger partial charge in [-0.3, -0.25) is 0 Å². The molecule has 0 saturated carbocycles. The third kappa shape index (κ3) is 3.07. The number of hydrogen-bond donors (Lipinski definition) is 1. The molecule has 0 aromatic carbocycles. The van der Waals surface area contributed by atoms with E-state index in [-0.39, 0.29) is 0 Å². The highest BCUT2D eigenvalue weighted by atomic mass is 15.2. The summed E-state index contributed by atoms with van der Waals surface area (Å²) in [6.07, 6.45) is 5.14. The molecule has 0 saturated heterocycles. The SMILES string of the molecule is CC(C)CC(C)NCc1cnn2ccccc12. The van der Waals surface area contributed by atoms with Crippen LogP contribution in [0, 0.1) is 5.92 Å². The summed E-state index contributed by atoms with van der Waals surface area (Å²) in [5.74, 6) is 0.737. The van der Waals surface area contributed by atoms with Gasteiger partial charge < -0.3 is 5.32 Å². The minimum atomic E-state index is 0.550. The van der Waals surface area contributed by atoms with E-state index < -0.39 is 0 Å². The first-order valence-corrected chi connectivity index (χ1v) is 6.31. The minimum absolute atomic E-state index is 0.550. The van der Waals surface area contributed by atoms with Crippen molar-refractivity contribution in [3.8, 4) is 0 Å². The Morgan fingerprint density at radius 3 is 2.88 bits per heavy atom. The van der Waals surface area contributed by atoms with Gasteiger partial charge in [-0.15, -0.1) is 0 Å². The van der Waals surface area contributed by atoms with Gasteiger partial charge in [-0.1, -0.05) is 19.9 Å². The molecule has 2 aromatic rings. The van der Waals surface area contributed by atoms with Gasteiger partial charge in [0.1, 0.15) is 0 Å². The summed E-state index contributed by atoms with van der Waals surface area (Å²) >= 11 is 0. The largest absolute Gasteiger partial charge is 0.310 e. The summed E-state index contributed by atoms with van der Waals surface area (Å²) in [5, 5.41) is 7.89.